The van der Waals surface area contributed by atoms with Crippen molar-refractivity contribution in [3.05, 3.63) is 54.1 Å². The predicted molar refractivity (Wildman–Crippen MR) is 76.7 cm³/mol. The summed E-state index contributed by atoms with van der Waals surface area (Å²) in [6.45, 7) is 1.83. The molecule has 0 saturated heterocycles. The third kappa shape index (κ3) is 2.58. The average molecular weight is 350 g/mol. The maximum Gasteiger partial charge on any atom is 0.203 e. The van der Waals surface area contributed by atoms with Crippen molar-refractivity contribution in [2.24, 2.45) is 0 Å². The van der Waals surface area contributed by atoms with E-state index in [2.05, 4.69) is 15.9 Å². The van der Waals surface area contributed by atoms with Gasteiger partial charge < -0.3 is 0 Å². The van der Waals surface area contributed by atoms with Crippen LogP contribution in [0.5, 0.6) is 0 Å². The van der Waals surface area contributed by atoms with Gasteiger partial charge in [0.25, 0.3) is 0 Å². The van der Waals surface area contributed by atoms with Crippen molar-refractivity contribution in [1.82, 2.24) is 0 Å². The van der Waals surface area contributed by atoms with Gasteiger partial charge in [0.2, 0.25) is 5.78 Å². The van der Waals surface area contributed by atoms with Gasteiger partial charge in [-0.3, -0.25) is 4.79 Å². The van der Waals surface area contributed by atoms with Crippen molar-refractivity contribution in [2.75, 3.05) is 0 Å². The molecule has 0 aliphatic heterocycles. The molecule has 0 aliphatic rings. The molecule has 0 N–H and O–H groups in total. The average Bonchev–Trinajstić information content (AvgIpc) is 2.62. The minimum absolute atomic E-state index is 0.0531. The quantitative estimate of drug-likeness (QED) is 0.667. The summed E-state index contributed by atoms with van der Waals surface area (Å²) in [5.74, 6) is -0.0531. The number of carbonyl (C=O) groups is 1. The van der Waals surface area contributed by atoms with Crippen LogP contribution in [0, 0.1) is 6.92 Å². The van der Waals surface area contributed by atoms with Crippen LogP contribution in [-0.2, 0) is 0 Å². The molecule has 0 amide bonds. The van der Waals surface area contributed by atoms with Crippen LogP contribution < -0.4 is 0 Å². The fraction of sp³-hybridized carbons (Fsp3) is 0.0833. The summed E-state index contributed by atoms with van der Waals surface area (Å²) in [5, 5.41) is 1.15. The Balaban J connectivity index is 2.47. The molecule has 1 aromatic carbocycles. The molecule has 0 atom stereocenters. The molecule has 88 valence electrons. The number of hydrogen-bond donors (Lipinski definition) is 0. The molecule has 1 heterocycles. The van der Waals surface area contributed by atoms with Gasteiger partial charge >= 0.3 is 0 Å². The molecule has 2 aromatic rings. The van der Waals surface area contributed by atoms with E-state index >= 15 is 0 Å². The summed E-state index contributed by atoms with van der Waals surface area (Å²) >= 11 is 16.5. The van der Waals surface area contributed by atoms with Crippen LogP contribution in [0.15, 0.2) is 28.1 Å². The Morgan fingerprint density at radius 3 is 2.59 bits per heavy atom. The highest BCUT2D eigenvalue weighted by Crippen LogP contribution is 2.34. The molecule has 17 heavy (non-hydrogen) atoms. The Labute approximate surface area is 121 Å². The van der Waals surface area contributed by atoms with Crippen LogP contribution in [-0.4, -0.2) is 5.78 Å². The first kappa shape index (κ1) is 13.1. The fourth-order valence-electron chi connectivity index (χ4n) is 1.44. The second-order valence-electron chi connectivity index (χ2n) is 3.47. The smallest absolute Gasteiger partial charge is 0.203 e. The summed E-state index contributed by atoms with van der Waals surface area (Å²) in [5.41, 5.74) is 1.41. The van der Waals surface area contributed by atoms with E-state index in [9.17, 15) is 4.79 Å². The van der Waals surface area contributed by atoms with E-state index in [0.29, 0.717) is 20.5 Å². The lowest BCUT2D eigenvalue weighted by Crippen LogP contribution is -2.01. The van der Waals surface area contributed by atoms with Crippen LogP contribution in [0.3, 0.4) is 0 Å². The molecule has 5 heteroatoms. The van der Waals surface area contributed by atoms with E-state index < -0.39 is 0 Å². The van der Waals surface area contributed by atoms with Crippen molar-refractivity contribution in [1.29, 1.82) is 0 Å². The van der Waals surface area contributed by atoms with Crippen LogP contribution in [0.25, 0.3) is 0 Å². The Kier molecular flexibility index (Phi) is 3.93. The molecule has 0 aliphatic carbocycles. The summed E-state index contributed by atoms with van der Waals surface area (Å²) in [7, 11) is 0. The maximum absolute atomic E-state index is 12.3. The highest BCUT2D eigenvalue weighted by molar-refractivity contribution is 9.11. The van der Waals surface area contributed by atoms with Gasteiger partial charge in [-0.1, -0.05) is 35.3 Å². The van der Waals surface area contributed by atoms with Crippen molar-refractivity contribution in [3.8, 4) is 0 Å². The lowest BCUT2D eigenvalue weighted by Gasteiger charge is -2.04. The van der Waals surface area contributed by atoms with Gasteiger partial charge in [-0.2, -0.15) is 0 Å². The fourth-order valence-corrected chi connectivity index (χ4v) is 3.28. The Bertz CT molecular complexity index is 573. The number of halogens is 3. The summed E-state index contributed by atoms with van der Waals surface area (Å²) in [4.78, 5) is 12.9. The number of thiophene rings is 1. The number of carbonyl (C=O) groups excluding carboxylic acids is 1. The van der Waals surface area contributed by atoms with Crippen molar-refractivity contribution in [2.45, 2.75) is 6.92 Å². The number of rotatable bonds is 2. The zero-order chi connectivity index (χ0) is 12.6. The number of hydrogen-bond acceptors (Lipinski definition) is 2. The van der Waals surface area contributed by atoms with Crippen molar-refractivity contribution in [3.63, 3.8) is 0 Å². The normalized spacial score (nSPS) is 10.6. The SMILES string of the molecule is Cc1c(Cl)cccc1C(=O)c1cc(Cl)c(Br)s1. The Morgan fingerprint density at radius 2 is 2.00 bits per heavy atom. The van der Waals surface area contributed by atoms with E-state index in [-0.39, 0.29) is 5.78 Å². The molecule has 0 radical (unpaired) electrons. The summed E-state index contributed by atoms with van der Waals surface area (Å²) in [6, 6.07) is 6.97. The monoisotopic (exact) mass is 348 g/mol. The molecule has 1 aromatic heterocycles. The second kappa shape index (κ2) is 5.11. The van der Waals surface area contributed by atoms with Gasteiger partial charge in [-0.25, -0.2) is 0 Å². The molecule has 1 nitrogen and oxygen atoms in total. The van der Waals surface area contributed by atoms with E-state index in [1.807, 2.05) is 6.92 Å². The first-order chi connectivity index (χ1) is 8.00. The molecular weight excluding hydrogens is 343 g/mol. The third-order valence-corrected chi connectivity index (χ3v) is 5.26. The molecule has 0 saturated carbocycles. The molecule has 0 fully saturated rings. The first-order valence-corrected chi connectivity index (χ1v) is 7.12. The zero-order valence-corrected chi connectivity index (χ0v) is 12.7. The first-order valence-electron chi connectivity index (χ1n) is 4.75. The number of ketones is 1. The molecule has 0 spiro atoms. The largest absolute Gasteiger partial charge is 0.288 e. The van der Waals surface area contributed by atoms with Gasteiger partial charge in [-0.05, 0) is 40.5 Å². The Morgan fingerprint density at radius 1 is 1.29 bits per heavy atom. The van der Waals surface area contributed by atoms with E-state index in [1.165, 1.54) is 11.3 Å². The van der Waals surface area contributed by atoms with Crippen molar-refractivity contribution < 1.29 is 4.79 Å². The van der Waals surface area contributed by atoms with Crippen LogP contribution in [0.4, 0.5) is 0 Å². The summed E-state index contributed by atoms with van der Waals surface area (Å²) < 4.78 is 0.766. The minimum atomic E-state index is -0.0531. The standard InChI is InChI=1S/C12H7BrCl2OS/c1-6-7(3-2-4-8(6)14)11(16)10-5-9(15)12(13)17-10/h2-5H,1H3. The molecular formula is C12H7BrCl2OS. The van der Waals surface area contributed by atoms with Gasteiger partial charge in [0.1, 0.15) is 0 Å². The summed E-state index contributed by atoms with van der Waals surface area (Å²) in [6.07, 6.45) is 0. The lowest BCUT2D eigenvalue weighted by atomic mass is 10.0. The highest BCUT2D eigenvalue weighted by Gasteiger charge is 2.16. The molecule has 0 unspecified atom stereocenters. The van der Waals surface area contributed by atoms with Crippen LogP contribution >= 0.6 is 50.5 Å². The second-order valence-corrected chi connectivity index (χ2v) is 6.66. The Hall–Kier alpha value is -0.350. The number of benzene rings is 1. The van der Waals surface area contributed by atoms with E-state index in [0.717, 1.165) is 9.35 Å². The third-order valence-electron chi connectivity index (χ3n) is 2.38. The van der Waals surface area contributed by atoms with Gasteiger partial charge in [0.15, 0.2) is 0 Å². The van der Waals surface area contributed by atoms with Crippen molar-refractivity contribution >= 4 is 56.3 Å². The van der Waals surface area contributed by atoms with Gasteiger partial charge in [0, 0.05) is 10.6 Å². The van der Waals surface area contributed by atoms with E-state index in [4.69, 9.17) is 23.2 Å². The van der Waals surface area contributed by atoms with E-state index in [1.54, 1.807) is 24.3 Å². The minimum Gasteiger partial charge on any atom is -0.288 e. The molecule has 2 rings (SSSR count). The maximum atomic E-state index is 12.3. The van der Waals surface area contributed by atoms with Gasteiger partial charge in [-0.15, -0.1) is 11.3 Å². The zero-order valence-electron chi connectivity index (χ0n) is 8.76. The highest BCUT2D eigenvalue weighted by atomic mass is 79.9. The lowest BCUT2D eigenvalue weighted by molar-refractivity contribution is 0.104. The van der Waals surface area contributed by atoms with Crippen LogP contribution in [0.2, 0.25) is 10.0 Å². The topological polar surface area (TPSA) is 17.1 Å². The molecule has 0 bridgehead atoms. The predicted octanol–water partition coefficient (Wildman–Crippen LogP) is 5.36. The van der Waals surface area contributed by atoms with Gasteiger partial charge in [0.05, 0.1) is 13.7 Å². The van der Waals surface area contributed by atoms with Crippen LogP contribution in [0.1, 0.15) is 20.8 Å².